The van der Waals surface area contributed by atoms with E-state index in [0.29, 0.717) is 6.42 Å². The van der Waals surface area contributed by atoms with E-state index >= 15 is 0 Å². The monoisotopic (exact) mass is 218 g/mol. The van der Waals surface area contributed by atoms with E-state index < -0.39 is 0 Å². The Balaban J connectivity index is 2.58. The molecule has 0 fully saturated rings. The highest BCUT2D eigenvalue weighted by atomic mass is 16.5. The topological polar surface area (TPSA) is 26.3 Å². The summed E-state index contributed by atoms with van der Waals surface area (Å²) in [5, 5.41) is 0. The van der Waals surface area contributed by atoms with Crippen molar-refractivity contribution in [3.63, 3.8) is 0 Å². The number of ether oxygens (including phenoxy) is 1. The summed E-state index contributed by atoms with van der Waals surface area (Å²) in [6.45, 7) is 2.08. The normalized spacial score (nSPS) is 10.6. The Morgan fingerprint density at radius 1 is 1.44 bits per heavy atom. The number of hydrogen-bond donors (Lipinski definition) is 0. The smallest absolute Gasteiger partial charge is 0.155 e. The average Bonchev–Trinajstić information content (AvgIpc) is 2.34. The van der Waals surface area contributed by atoms with E-state index in [1.807, 2.05) is 30.3 Å². The van der Waals surface area contributed by atoms with Crippen LogP contribution in [-0.2, 0) is 4.79 Å². The van der Waals surface area contributed by atoms with Crippen molar-refractivity contribution in [2.45, 2.75) is 26.2 Å². The lowest BCUT2D eigenvalue weighted by molar-refractivity contribution is -0.114. The molecule has 0 heterocycles. The molecule has 0 spiro atoms. The Morgan fingerprint density at radius 3 is 2.94 bits per heavy atom. The molecule has 0 aromatic heterocycles. The molecule has 1 rings (SSSR count). The predicted molar refractivity (Wildman–Crippen MR) is 66.6 cm³/mol. The number of unbranched alkanes of at least 4 members (excludes halogenated alkanes) is 1. The van der Waals surface area contributed by atoms with Gasteiger partial charge in [0.25, 0.3) is 0 Å². The molecule has 2 heteroatoms. The van der Waals surface area contributed by atoms with Crippen LogP contribution in [0.2, 0.25) is 0 Å². The minimum absolute atomic E-state index is 0.185. The van der Waals surface area contributed by atoms with Gasteiger partial charge in [-0.2, -0.15) is 0 Å². The molecule has 86 valence electrons. The molecular formula is C14H18O2. The number of carbonyl (C=O) groups excluding carboxylic acids is 1. The lowest BCUT2D eigenvalue weighted by atomic mass is 10.1. The van der Waals surface area contributed by atoms with Crippen molar-refractivity contribution in [3.05, 3.63) is 35.9 Å². The Labute approximate surface area is 96.9 Å². The molecule has 0 unspecified atom stereocenters. The zero-order valence-corrected chi connectivity index (χ0v) is 9.90. The molecular weight excluding hydrogens is 200 g/mol. The number of carbonyl (C=O) groups is 1. The third-order valence-electron chi connectivity index (χ3n) is 2.33. The van der Waals surface area contributed by atoms with E-state index in [4.69, 9.17) is 4.74 Å². The molecule has 1 aromatic rings. The second-order valence-corrected chi connectivity index (χ2v) is 3.68. The van der Waals surface area contributed by atoms with Crippen LogP contribution in [0.4, 0.5) is 0 Å². The Bertz CT molecular complexity index is 367. The summed E-state index contributed by atoms with van der Waals surface area (Å²) in [6, 6.07) is 7.65. The first kappa shape index (κ1) is 12.5. The molecule has 0 aliphatic rings. The molecule has 2 nitrogen and oxygen atoms in total. The first-order valence-corrected chi connectivity index (χ1v) is 5.61. The van der Waals surface area contributed by atoms with Gasteiger partial charge in [0.1, 0.15) is 5.75 Å². The Hall–Kier alpha value is -1.57. The third kappa shape index (κ3) is 4.30. The Kier molecular flexibility index (Phi) is 5.34. The number of benzene rings is 1. The maximum absolute atomic E-state index is 11.4. The van der Waals surface area contributed by atoms with Gasteiger partial charge in [-0.1, -0.05) is 31.6 Å². The first-order chi connectivity index (χ1) is 7.76. The van der Waals surface area contributed by atoms with Crippen molar-refractivity contribution in [3.8, 4) is 5.75 Å². The van der Waals surface area contributed by atoms with E-state index in [-0.39, 0.29) is 5.78 Å². The summed E-state index contributed by atoms with van der Waals surface area (Å²) in [6.07, 6.45) is 6.13. The Morgan fingerprint density at radius 2 is 2.25 bits per heavy atom. The molecule has 0 amide bonds. The molecule has 0 atom stereocenters. The number of ketones is 1. The zero-order chi connectivity index (χ0) is 11.8. The van der Waals surface area contributed by atoms with Gasteiger partial charge in [-0.05, 0) is 30.2 Å². The van der Waals surface area contributed by atoms with Gasteiger partial charge >= 0.3 is 0 Å². The second kappa shape index (κ2) is 6.83. The van der Waals surface area contributed by atoms with Gasteiger partial charge in [0.2, 0.25) is 0 Å². The van der Waals surface area contributed by atoms with Crippen LogP contribution < -0.4 is 4.74 Å². The van der Waals surface area contributed by atoms with Crippen molar-refractivity contribution in [1.29, 1.82) is 0 Å². The third-order valence-corrected chi connectivity index (χ3v) is 2.33. The molecule has 0 radical (unpaired) electrons. The molecule has 0 saturated carbocycles. The summed E-state index contributed by atoms with van der Waals surface area (Å²) in [5.74, 6) is 0.993. The molecule has 0 aliphatic carbocycles. The van der Waals surface area contributed by atoms with Crippen LogP contribution >= 0.6 is 0 Å². The highest BCUT2D eigenvalue weighted by molar-refractivity contribution is 5.93. The maximum Gasteiger partial charge on any atom is 0.155 e. The lowest BCUT2D eigenvalue weighted by Gasteiger charge is -1.99. The molecule has 0 aliphatic heterocycles. The fraction of sp³-hybridized carbons (Fsp3) is 0.357. The van der Waals surface area contributed by atoms with Gasteiger partial charge in [0, 0.05) is 6.42 Å². The SMILES string of the molecule is CCCCC(=O)/C=C/c1cccc(OC)c1. The van der Waals surface area contributed by atoms with E-state index in [1.165, 1.54) is 0 Å². The number of allylic oxidation sites excluding steroid dienone is 1. The van der Waals surface area contributed by atoms with Crippen LogP contribution in [0.1, 0.15) is 31.7 Å². The maximum atomic E-state index is 11.4. The quantitative estimate of drug-likeness (QED) is 0.683. The minimum Gasteiger partial charge on any atom is -0.497 e. The molecule has 0 bridgehead atoms. The van der Waals surface area contributed by atoms with E-state index in [2.05, 4.69) is 6.92 Å². The number of hydrogen-bond acceptors (Lipinski definition) is 2. The molecule has 0 saturated heterocycles. The van der Waals surface area contributed by atoms with Crippen molar-refractivity contribution >= 4 is 11.9 Å². The van der Waals surface area contributed by atoms with Gasteiger partial charge < -0.3 is 4.74 Å². The van der Waals surface area contributed by atoms with Crippen LogP contribution in [0.5, 0.6) is 5.75 Å². The van der Waals surface area contributed by atoms with Crippen LogP contribution in [0.3, 0.4) is 0 Å². The summed E-state index contributed by atoms with van der Waals surface area (Å²) in [7, 11) is 1.63. The fourth-order valence-electron chi connectivity index (χ4n) is 1.37. The van der Waals surface area contributed by atoms with Gasteiger partial charge in [0.05, 0.1) is 7.11 Å². The number of methoxy groups -OCH3 is 1. The highest BCUT2D eigenvalue weighted by Crippen LogP contribution is 2.13. The summed E-state index contributed by atoms with van der Waals surface area (Å²) in [4.78, 5) is 11.4. The van der Waals surface area contributed by atoms with Gasteiger partial charge in [-0.25, -0.2) is 0 Å². The first-order valence-electron chi connectivity index (χ1n) is 5.61. The minimum atomic E-state index is 0.185. The highest BCUT2D eigenvalue weighted by Gasteiger charge is 1.96. The fourth-order valence-corrected chi connectivity index (χ4v) is 1.37. The van der Waals surface area contributed by atoms with E-state index in [0.717, 1.165) is 24.2 Å². The van der Waals surface area contributed by atoms with E-state index in [1.54, 1.807) is 13.2 Å². The molecule has 1 aromatic carbocycles. The van der Waals surface area contributed by atoms with Gasteiger partial charge in [-0.15, -0.1) is 0 Å². The molecule has 16 heavy (non-hydrogen) atoms. The zero-order valence-electron chi connectivity index (χ0n) is 9.90. The number of rotatable bonds is 6. The van der Waals surface area contributed by atoms with Crippen LogP contribution in [0, 0.1) is 0 Å². The van der Waals surface area contributed by atoms with Gasteiger partial charge in [0.15, 0.2) is 5.78 Å². The lowest BCUT2D eigenvalue weighted by Crippen LogP contribution is -1.91. The van der Waals surface area contributed by atoms with Crippen LogP contribution in [0.25, 0.3) is 6.08 Å². The average molecular weight is 218 g/mol. The predicted octanol–water partition coefficient (Wildman–Crippen LogP) is 3.47. The van der Waals surface area contributed by atoms with E-state index in [9.17, 15) is 4.79 Å². The van der Waals surface area contributed by atoms with Crippen molar-refractivity contribution in [2.75, 3.05) is 7.11 Å². The van der Waals surface area contributed by atoms with Crippen molar-refractivity contribution in [2.24, 2.45) is 0 Å². The van der Waals surface area contributed by atoms with Crippen molar-refractivity contribution < 1.29 is 9.53 Å². The summed E-state index contributed by atoms with van der Waals surface area (Å²) >= 11 is 0. The van der Waals surface area contributed by atoms with Crippen LogP contribution in [-0.4, -0.2) is 12.9 Å². The second-order valence-electron chi connectivity index (χ2n) is 3.68. The largest absolute Gasteiger partial charge is 0.497 e. The summed E-state index contributed by atoms with van der Waals surface area (Å²) < 4.78 is 5.11. The van der Waals surface area contributed by atoms with Crippen molar-refractivity contribution in [1.82, 2.24) is 0 Å². The summed E-state index contributed by atoms with van der Waals surface area (Å²) in [5.41, 5.74) is 0.990. The standard InChI is InChI=1S/C14H18O2/c1-3-4-7-13(15)10-9-12-6-5-8-14(11-12)16-2/h5-6,8-11H,3-4,7H2,1-2H3/b10-9+. The van der Waals surface area contributed by atoms with Crippen LogP contribution in [0.15, 0.2) is 30.3 Å². The van der Waals surface area contributed by atoms with Gasteiger partial charge in [-0.3, -0.25) is 4.79 Å². The molecule has 0 N–H and O–H groups in total.